The first-order valence-electron chi connectivity index (χ1n) is 8.99. The highest BCUT2D eigenvalue weighted by atomic mass is 19.1. The van der Waals surface area contributed by atoms with Crippen molar-refractivity contribution >= 4 is 17.3 Å². The normalized spacial score (nSPS) is 14.1. The number of amides is 1. The van der Waals surface area contributed by atoms with E-state index in [0.717, 1.165) is 43.6 Å². The fourth-order valence-electron chi connectivity index (χ4n) is 3.36. The van der Waals surface area contributed by atoms with Crippen LogP contribution < -0.4 is 4.90 Å². The van der Waals surface area contributed by atoms with E-state index in [1.165, 1.54) is 29.2 Å². The van der Waals surface area contributed by atoms with E-state index < -0.39 is 4.92 Å². The number of hydrogen-bond acceptors (Lipinski definition) is 4. The van der Waals surface area contributed by atoms with Crippen LogP contribution in [0.3, 0.4) is 0 Å². The number of nitro benzene ring substituents is 1. The van der Waals surface area contributed by atoms with Crippen LogP contribution in [0.25, 0.3) is 0 Å². The predicted molar refractivity (Wildman–Crippen MR) is 101 cm³/mol. The van der Waals surface area contributed by atoms with Crippen molar-refractivity contribution in [2.45, 2.75) is 25.8 Å². The molecular formula is C20H22FN3O3. The highest BCUT2D eigenvalue weighted by Gasteiger charge is 2.24. The lowest BCUT2D eigenvalue weighted by Gasteiger charge is -2.31. The fraction of sp³-hybridized carbons (Fsp3) is 0.350. The van der Waals surface area contributed by atoms with Crippen LogP contribution in [0.2, 0.25) is 0 Å². The van der Waals surface area contributed by atoms with Crippen LogP contribution in [0.1, 0.15) is 35.2 Å². The zero-order valence-electron chi connectivity index (χ0n) is 15.2. The van der Waals surface area contributed by atoms with Crippen molar-refractivity contribution in [3.63, 3.8) is 0 Å². The lowest BCUT2D eigenvalue weighted by Crippen LogP contribution is -2.33. The van der Waals surface area contributed by atoms with Crippen molar-refractivity contribution in [1.29, 1.82) is 0 Å². The molecule has 7 heteroatoms. The molecule has 142 valence electrons. The number of nitrogens with zero attached hydrogens (tertiary/aromatic N) is 3. The molecule has 3 rings (SSSR count). The van der Waals surface area contributed by atoms with Crippen LogP contribution >= 0.6 is 0 Å². The maximum atomic E-state index is 13.1. The van der Waals surface area contributed by atoms with Gasteiger partial charge in [0.1, 0.15) is 5.82 Å². The first-order valence-corrected chi connectivity index (χ1v) is 8.99. The predicted octanol–water partition coefficient (Wildman–Crippen LogP) is 4.00. The second-order valence-corrected chi connectivity index (χ2v) is 6.79. The van der Waals surface area contributed by atoms with Gasteiger partial charge in [0.05, 0.1) is 16.2 Å². The second kappa shape index (κ2) is 8.16. The Morgan fingerprint density at radius 1 is 1.15 bits per heavy atom. The van der Waals surface area contributed by atoms with Crippen molar-refractivity contribution in [3.05, 3.63) is 69.5 Å². The van der Waals surface area contributed by atoms with Crippen molar-refractivity contribution < 1.29 is 14.1 Å². The molecule has 0 spiro atoms. The minimum atomic E-state index is -0.489. The van der Waals surface area contributed by atoms with E-state index in [4.69, 9.17) is 0 Å². The molecular weight excluding hydrogens is 349 g/mol. The summed E-state index contributed by atoms with van der Waals surface area (Å²) in [4.78, 5) is 27.4. The molecule has 6 nitrogen and oxygen atoms in total. The molecule has 2 aromatic rings. The minimum Gasteiger partial charge on any atom is -0.371 e. The summed E-state index contributed by atoms with van der Waals surface area (Å²) < 4.78 is 13.1. The van der Waals surface area contributed by atoms with Gasteiger partial charge in [-0.1, -0.05) is 12.1 Å². The number of nitro groups is 1. The molecule has 1 amide bonds. The maximum absolute atomic E-state index is 13.1. The smallest absolute Gasteiger partial charge is 0.270 e. The molecule has 0 bridgehead atoms. The van der Waals surface area contributed by atoms with Gasteiger partial charge < -0.3 is 9.80 Å². The molecule has 0 unspecified atom stereocenters. The summed E-state index contributed by atoms with van der Waals surface area (Å²) in [7, 11) is 1.64. The second-order valence-electron chi connectivity index (χ2n) is 6.79. The molecule has 27 heavy (non-hydrogen) atoms. The van der Waals surface area contributed by atoms with Gasteiger partial charge in [-0.2, -0.15) is 0 Å². The Morgan fingerprint density at radius 3 is 2.44 bits per heavy atom. The first kappa shape index (κ1) is 18.8. The molecule has 0 radical (unpaired) electrons. The van der Waals surface area contributed by atoms with Gasteiger partial charge in [-0.15, -0.1) is 0 Å². The Morgan fingerprint density at radius 2 is 1.81 bits per heavy atom. The third-order valence-corrected chi connectivity index (χ3v) is 4.80. The number of hydrogen-bond donors (Lipinski definition) is 0. The van der Waals surface area contributed by atoms with Crippen LogP contribution in [0.15, 0.2) is 42.5 Å². The average Bonchev–Trinajstić information content (AvgIpc) is 2.69. The SMILES string of the molecule is CN(Cc1ccc(F)cc1)C(=O)c1cc([N+](=O)[O-])ccc1N1CCCCC1. The molecule has 1 saturated heterocycles. The topological polar surface area (TPSA) is 66.7 Å². The number of piperidine rings is 1. The standard InChI is InChI=1S/C20H22FN3O3/c1-22(14-15-5-7-16(21)8-6-15)20(25)18-13-17(24(26)27)9-10-19(18)23-11-3-2-4-12-23/h5-10,13H,2-4,11-12,14H2,1H3. The van der Waals surface area contributed by atoms with E-state index in [0.29, 0.717) is 12.1 Å². The Kier molecular flexibility index (Phi) is 5.69. The fourth-order valence-corrected chi connectivity index (χ4v) is 3.36. The molecule has 1 aliphatic heterocycles. The Bertz CT molecular complexity index is 833. The number of benzene rings is 2. The van der Waals surface area contributed by atoms with Crippen LogP contribution in [0.5, 0.6) is 0 Å². The number of carbonyl (C=O) groups is 1. The molecule has 2 aromatic carbocycles. The number of halogens is 1. The van der Waals surface area contributed by atoms with E-state index in [1.807, 2.05) is 0 Å². The van der Waals surface area contributed by atoms with Gasteiger partial charge in [0, 0.05) is 38.8 Å². The van der Waals surface area contributed by atoms with E-state index in [2.05, 4.69) is 4.90 Å². The Hall–Kier alpha value is -2.96. The molecule has 1 fully saturated rings. The summed E-state index contributed by atoms with van der Waals surface area (Å²) in [5.41, 5.74) is 1.75. The van der Waals surface area contributed by atoms with Crippen LogP contribution in [0.4, 0.5) is 15.8 Å². The van der Waals surface area contributed by atoms with Crippen molar-refractivity contribution in [2.75, 3.05) is 25.0 Å². The largest absolute Gasteiger partial charge is 0.371 e. The van der Waals surface area contributed by atoms with Gasteiger partial charge in [0.15, 0.2) is 0 Å². The Labute approximate surface area is 157 Å². The van der Waals surface area contributed by atoms with Crippen LogP contribution in [-0.4, -0.2) is 35.9 Å². The Balaban J connectivity index is 1.89. The minimum absolute atomic E-state index is 0.103. The molecule has 0 atom stereocenters. The molecule has 0 saturated carbocycles. The van der Waals surface area contributed by atoms with Gasteiger partial charge in [-0.05, 0) is 43.0 Å². The van der Waals surface area contributed by atoms with Gasteiger partial charge in [-0.3, -0.25) is 14.9 Å². The number of rotatable bonds is 5. The average molecular weight is 371 g/mol. The lowest BCUT2D eigenvalue weighted by atomic mass is 10.1. The van der Waals surface area contributed by atoms with Crippen molar-refractivity contribution in [2.24, 2.45) is 0 Å². The molecule has 1 aliphatic rings. The van der Waals surface area contributed by atoms with Crippen molar-refractivity contribution in [3.8, 4) is 0 Å². The van der Waals surface area contributed by atoms with Crippen molar-refractivity contribution in [1.82, 2.24) is 4.90 Å². The lowest BCUT2D eigenvalue weighted by molar-refractivity contribution is -0.384. The highest BCUT2D eigenvalue weighted by Crippen LogP contribution is 2.29. The molecule has 0 N–H and O–H groups in total. The monoisotopic (exact) mass is 371 g/mol. The van der Waals surface area contributed by atoms with Gasteiger partial charge in [0.2, 0.25) is 0 Å². The van der Waals surface area contributed by atoms with E-state index in [9.17, 15) is 19.3 Å². The van der Waals surface area contributed by atoms with E-state index in [-0.39, 0.29) is 17.4 Å². The summed E-state index contributed by atoms with van der Waals surface area (Å²) in [6, 6.07) is 10.4. The number of carbonyl (C=O) groups excluding carboxylic acids is 1. The molecule has 0 aromatic heterocycles. The molecule has 0 aliphatic carbocycles. The third kappa shape index (κ3) is 4.42. The summed E-state index contributed by atoms with van der Waals surface area (Å²) >= 11 is 0. The van der Waals surface area contributed by atoms with Gasteiger partial charge in [0.25, 0.3) is 11.6 Å². The zero-order chi connectivity index (χ0) is 19.4. The quantitative estimate of drug-likeness (QED) is 0.589. The first-order chi connectivity index (χ1) is 13.0. The molecule has 1 heterocycles. The summed E-state index contributed by atoms with van der Waals surface area (Å²) in [6.07, 6.45) is 3.23. The zero-order valence-corrected chi connectivity index (χ0v) is 15.2. The third-order valence-electron chi connectivity index (χ3n) is 4.80. The van der Waals surface area contributed by atoms with Crippen LogP contribution in [0, 0.1) is 15.9 Å². The van der Waals surface area contributed by atoms with E-state index >= 15 is 0 Å². The highest BCUT2D eigenvalue weighted by molar-refractivity contribution is 6.00. The number of non-ortho nitro benzene ring substituents is 1. The van der Waals surface area contributed by atoms with E-state index in [1.54, 1.807) is 25.2 Å². The number of anilines is 1. The summed E-state index contributed by atoms with van der Waals surface area (Å²) in [5.74, 6) is -0.623. The summed E-state index contributed by atoms with van der Waals surface area (Å²) in [5, 5.41) is 11.2. The van der Waals surface area contributed by atoms with Gasteiger partial charge in [-0.25, -0.2) is 4.39 Å². The summed E-state index contributed by atoms with van der Waals surface area (Å²) in [6.45, 7) is 1.96. The maximum Gasteiger partial charge on any atom is 0.270 e. The van der Waals surface area contributed by atoms with Gasteiger partial charge >= 0.3 is 0 Å². The van der Waals surface area contributed by atoms with Crippen LogP contribution in [-0.2, 0) is 6.54 Å².